The molecule has 4 rings (SSSR count). The van der Waals surface area contributed by atoms with Crippen molar-refractivity contribution < 1.29 is 4.79 Å². The molecule has 0 saturated carbocycles. The number of pyridine rings is 1. The number of amides is 1. The number of carbonyl (C=O) groups is 1. The smallest absolute Gasteiger partial charge is 0.274 e. The summed E-state index contributed by atoms with van der Waals surface area (Å²) in [6, 6.07) is 14.7. The topological polar surface area (TPSA) is 37.6 Å². The largest absolute Gasteiger partial charge is 0.337 e. The zero-order valence-electron chi connectivity index (χ0n) is 15.3. The molecule has 1 amide bonds. The first-order valence-electron chi connectivity index (χ1n) is 9.47. The molecule has 3 heterocycles. The van der Waals surface area contributed by atoms with Crippen molar-refractivity contribution in [1.82, 2.24) is 14.3 Å². The Balaban J connectivity index is 1.31. The summed E-state index contributed by atoms with van der Waals surface area (Å²) < 4.78 is 1.90. The van der Waals surface area contributed by atoms with Crippen LogP contribution < -0.4 is 0 Å². The maximum atomic E-state index is 12.7. The van der Waals surface area contributed by atoms with Crippen LogP contribution in [0, 0.1) is 12.8 Å². The lowest BCUT2D eigenvalue weighted by molar-refractivity contribution is 0.0681. The first-order valence-corrected chi connectivity index (χ1v) is 9.47. The third-order valence-corrected chi connectivity index (χ3v) is 5.45. The molecule has 1 fully saturated rings. The number of piperidine rings is 1. The summed E-state index contributed by atoms with van der Waals surface area (Å²) >= 11 is 0. The molecule has 0 N–H and O–H groups in total. The fourth-order valence-electron chi connectivity index (χ4n) is 3.75. The number of likely N-dealkylation sites (tertiary alicyclic amines) is 1. The van der Waals surface area contributed by atoms with Crippen molar-refractivity contribution in [2.75, 3.05) is 13.1 Å². The van der Waals surface area contributed by atoms with Gasteiger partial charge >= 0.3 is 0 Å². The van der Waals surface area contributed by atoms with Crippen molar-refractivity contribution in [3.8, 4) is 0 Å². The van der Waals surface area contributed by atoms with E-state index in [1.807, 2.05) is 39.9 Å². The van der Waals surface area contributed by atoms with Gasteiger partial charge in [0.25, 0.3) is 5.91 Å². The number of hydrogen-bond donors (Lipinski definition) is 0. The van der Waals surface area contributed by atoms with Crippen molar-refractivity contribution in [2.45, 2.75) is 32.6 Å². The Morgan fingerprint density at radius 1 is 1.12 bits per heavy atom. The third-order valence-electron chi connectivity index (χ3n) is 5.45. The van der Waals surface area contributed by atoms with E-state index in [-0.39, 0.29) is 5.91 Å². The molecule has 1 aromatic carbocycles. The van der Waals surface area contributed by atoms with Crippen molar-refractivity contribution in [2.24, 2.45) is 5.92 Å². The molecule has 0 radical (unpaired) electrons. The van der Waals surface area contributed by atoms with Crippen LogP contribution >= 0.6 is 0 Å². The van der Waals surface area contributed by atoms with Crippen LogP contribution in [-0.4, -0.2) is 33.3 Å². The van der Waals surface area contributed by atoms with Gasteiger partial charge in [0.05, 0.1) is 0 Å². The van der Waals surface area contributed by atoms with Crippen molar-refractivity contribution >= 4 is 11.6 Å². The molecule has 26 heavy (non-hydrogen) atoms. The maximum absolute atomic E-state index is 12.7. The van der Waals surface area contributed by atoms with E-state index in [0.29, 0.717) is 11.6 Å². The highest BCUT2D eigenvalue weighted by Crippen LogP contribution is 2.23. The van der Waals surface area contributed by atoms with Crippen LogP contribution in [0.5, 0.6) is 0 Å². The molecule has 4 heteroatoms. The summed E-state index contributed by atoms with van der Waals surface area (Å²) in [5.41, 5.74) is 4.10. The quantitative estimate of drug-likeness (QED) is 0.712. The number of carbonyl (C=O) groups excluding carboxylic acids is 1. The van der Waals surface area contributed by atoms with Gasteiger partial charge in [0.2, 0.25) is 0 Å². The Morgan fingerprint density at radius 3 is 2.62 bits per heavy atom. The Labute approximate surface area is 154 Å². The monoisotopic (exact) mass is 347 g/mol. The Hall–Kier alpha value is -2.62. The van der Waals surface area contributed by atoms with E-state index in [2.05, 4.69) is 36.2 Å². The van der Waals surface area contributed by atoms with E-state index in [1.165, 1.54) is 17.5 Å². The highest BCUT2D eigenvalue weighted by Gasteiger charge is 2.25. The Bertz CT molecular complexity index is 856. The fraction of sp³-hybridized carbons (Fsp3) is 0.364. The number of imidazole rings is 1. The Morgan fingerprint density at radius 2 is 1.88 bits per heavy atom. The summed E-state index contributed by atoms with van der Waals surface area (Å²) in [4.78, 5) is 19.2. The fourth-order valence-corrected chi connectivity index (χ4v) is 3.75. The maximum Gasteiger partial charge on any atom is 0.274 e. The molecule has 0 bridgehead atoms. The standard InChI is InChI=1S/C22H25N3O/c1-17-5-7-18(8-6-17)9-10-19-11-14-24(15-12-19)22(26)20-16-25-13-3-2-4-21(25)23-20/h2-8,13,16,19H,9-12,14-15H2,1H3. The van der Waals surface area contributed by atoms with Gasteiger partial charge < -0.3 is 9.30 Å². The van der Waals surface area contributed by atoms with Crippen LogP contribution in [0.1, 0.15) is 40.9 Å². The minimum absolute atomic E-state index is 0.0608. The average molecular weight is 347 g/mol. The van der Waals surface area contributed by atoms with Crippen LogP contribution in [0.25, 0.3) is 5.65 Å². The second kappa shape index (κ2) is 7.32. The number of benzene rings is 1. The number of aromatic nitrogens is 2. The van der Waals surface area contributed by atoms with Gasteiger partial charge in [-0.25, -0.2) is 4.98 Å². The van der Waals surface area contributed by atoms with E-state index in [4.69, 9.17) is 0 Å². The van der Waals surface area contributed by atoms with E-state index in [1.54, 1.807) is 0 Å². The summed E-state index contributed by atoms with van der Waals surface area (Å²) in [5, 5.41) is 0. The molecule has 0 unspecified atom stereocenters. The molecule has 4 nitrogen and oxygen atoms in total. The molecule has 2 aromatic heterocycles. The van der Waals surface area contributed by atoms with Crippen LogP contribution in [0.15, 0.2) is 54.9 Å². The summed E-state index contributed by atoms with van der Waals surface area (Å²) in [7, 11) is 0. The zero-order valence-corrected chi connectivity index (χ0v) is 15.3. The number of hydrogen-bond acceptors (Lipinski definition) is 2. The third kappa shape index (κ3) is 3.64. The lowest BCUT2D eigenvalue weighted by Crippen LogP contribution is -2.38. The molecule has 3 aromatic rings. The van der Waals surface area contributed by atoms with Crippen LogP contribution in [0.3, 0.4) is 0 Å². The molecular formula is C22H25N3O. The van der Waals surface area contributed by atoms with Crippen LogP contribution in [0.4, 0.5) is 0 Å². The first-order chi connectivity index (χ1) is 12.7. The predicted molar refractivity (Wildman–Crippen MR) is 103 cm³/mol. The van der Waals surface area contributed by atoms with Gasteiger partial charge in [-0.15, -0.1) is 0 Å². The van der Waals surface area contributed by atoms with Crippen LogP contribution in [-0.2, 0) is 6.42 Å². The van der Waals surface area contributed by atoms with E-state index in [0.717, 1.165) is 38.0 Å². The van der Waals surface area contributed by atoms with Crippen LogP contribution in [0.2, 0.25) is 0 Å². The molecule has 0 atom stereocenters. The average Bonchev–Trinajstić information content (AvgIpc) is 3.12. The number of aryl methyl sites for hydroxylation is 2. The molecular weight excluding hydrogens is 322 g/mol. The van der Waals surface area contributed by atoms with Gasteiger partial charge in [-0.3, -0.25) is 4.79 Å². The van der Waals surface area contributed by atoms with E-state index >= 15 is 0 Å². The van der Waals surface area contributed by atoms with Crippen molar-refractivity contribution in [3.63, 3.8) is 0 Å². The second-order valence-electron chi connectivity index (χ2n) is 7.35. The number of fused-ring (bicyclic) bond motifs is 1. The van der Waals surface area contributed by atoms with Gasteiger partial charge in [0, 0.05) is 25.5 Å². The zero-order chi connectivity index (χ0) is 17.9. The predicted octanol–water partition coefficient (Wildman–Crippen LogP) is 4.13. The van der Waals surface area contributed by atoms with Gasteiger partial charge in [0.15, 0.2) is 0 Å². The highest BCUT2D eigenvalue weighted by molar-refractivity contribution is 5.93. The molecule has 0 aliphatic carbocycles. The van der Waals surface area contributed by atoms with Crippen molar-refractivity contribution in [1.29, 1.82) is 0 Å². The SMILES string of the molecule is Cc1ccc(CCC2CCN(C(=O)c3cn4ccccc4n3)CC2)cc1. The molecule has 1 aliphatic heterocycles. The molecule has 134 valence electrons. The summed E-state index contributed by atoms with van der Waals surface area (Å²) in [6.45, 7) is 3.80. The first kappa shape index (κ1) is 16.8. The number of rotatable bonds is 4. The van der Waals surface area contributed by atoms with Gasteiger partial charge in [-0.2, -0.15) is 0 Å². The second-order valence-corrected chi connectivity index (χ2v) is 7.35. The molecule has 1 aliphatic rings. The number of nitrogens with zero attached hydrogens (tertiary/aromatic N) is 3. The van der Waals surface area contributed by atoms with Crippen molar-refractivity contribution in [3.05, 3.63) is 71.7 Å². The minimum atomic E-state index is 0.0608. The molecule has 0 spiro atoms. The normalized spacial score (nSPS) is 15.5. The summed E-state index contributed by atoms with van der Waals surface area (Å²) in [5.74, 6) is 0.770. The summed E-state index contributed by atoms with van der Waals surface area (Å²) in [6.07, 6.45) is 8.28. The van der Waals surface area contributed by atoms with E-state index in [9.17, 15) is 4.79 Å². The lowest BCUT2D eigenvalue weighted by atomic mass is 9.90. The minimum Gasteiger partial charge on any atom is -0.337 e. The highest BCUT2D eigenvalue weighted by atomic mass is 16.2. The van der Waals surface area contributed by atoms with E-state index < -0.39 is 0 Å². The van der Waals surface area contributed by atoms with Gasteiger partial charge in [-0.1, -0.05) is 35.9 Å². The van der Waals surface area contributed by atoms with Gasteiger partial charge in [-0.05, 0) is 56.2 Å². The van der Waals surface area contributed by atoms with Gasteiger partial charge in [0.1, 0.15) is 11.3 Å². The lowest BCUT2D eigenvalue weighted by Gasteiger charge is -2.31. The molecule has 1 saturated heterocycles. The Kier molecular flexibility index (Phi) is 4.74.